The van der Waals surface area contributed by atoms with Crippen LogP contribution in [0.4, 0.5) is 4.79 Å². The van der Waals surface area contributed by atoms with E-state index in [4.69, 9.17) is 14.2 Å². The average Bonchev–Trinajstić information content (AvgIpc) is 2.24. The van der Waals surface area contributed by atoms with Crippen LogP contribution in [-0.2, 0) is 19.0 Å². The van der Waals surface area contributed by atoms with Gasteiger partial charge in [0.1, 0.15) is 11.2 Å². The first kappa shape index (κ1) is 17.5. The molecule has 1 rings (SSSR count). The first-order valence-electron chi connectivity index (χ1n) is 6.97. The van der Waals surface area contributed by atoms with Gasteiger partial charge in [-0.1, -0.05) is 12.2 Å². The molecule has 1 unspecified atom stereocenters. The maximum Gasteiger partial charge on any atom is 0.410 e. The molecular weight excluding hydrogens is 274 g/mol. The Hall–Kier alpha value is -1.56. The molecule has 6 heteroatoms. The summed E-state index contributed by atoms with van der Waals surface area (Å²) in [6.07, 6.45) is 3.02. The zero-order valence-corrected chi connectivity index (χ0v) is 13.6. The molecule has 1 aliphatic rings. The molecule has 0 bridgehead atoms. The van der Waals surface area contributed by atoms with E-state index in [1.807, 2.05) is 0 Å². The number of rotatable bonds is 2. The zero-order valence-electron chi connectivity index (χ0n) is 13.6. The molecule has 0 radical (unpaired) electrons. The Bertz CT molecular complexity index is 430. The smallest absolute Gasteiger partial charge is 0.410 e. The van der Waals surface area contributed by atoms with Gasteiger partial charge in [-0.05, 0) is 41.5 Å². The van der Waals surface area contributed by atoms with Gasteiger partial charge in [-0.3, -0.25) is 5.32 Å². The van der Waals surface area contributed by atoms with E-state index in [-0.39, 0.29) is 13.0 Å². The van der Waals surface area contributed by atoms with E-state index in [2.05, 4.69) is 5.32 Å². The largest absolute Gasteiger partial charge is 0.456 e. The van der Waals surface area contributed by atoms with E-state index < -0.39 is 29.0 Å². The quantitative estimate of drug-likeness (QED) is 0.626. The fraction of sp³-hybridized carbons (Fsp3) is 0.733. The van der Waals surface area contributed by atoms with Gasteiger partial charge >= 0.3 is 12.1 Å². The number of ether oxygens (including phenoxy) is 3. The second kappa shape index (κ2) is 6.05. The molecule has 1 atom stereocenters. The first-order chi connectivity index (χ1) is 9.44. The minimum absolute atomic E-state index is 0.196. The maximum absolute atomic E-state index is 12.4. The summed E-state index contributed by atoms with van der Waals surface area (Å²) in [5.74, 6) is -0.634. The van der Waals surface area contributed by atoms with E-state index in [0.29, 0.717) is 0 Å². The Morgan fingerprint density at radius 2 is 1.62 bits per heavy atom. The molecule has 1 aliphatic heterocycles. The molecule has 1 heterocycles. The SMILES string of the molecule is CC(C)(C)OC(=O)NC1(C(=O)OC(C)(C)C)CC=CCO1. The molecule has 6 nitrogen and oxygen atoms in total. The molecule has 0 aromatic heterocycles. The molecule has 1 amide bonds. The summed E-state index contributed by atoms with van der Waals surface area (Å²) in [4.78, 5) is 24.3. The maximum atomic E-state index is 12.4. The number of amides is 1. The summed E-state index contributed by atoms with van der Waals surface area (Å²) in [7, 11) is 0. The third kappa shape index (κ3) is 5.75. The van der Waals surface area contributed by atoms with Crippen molar-refractivity contribution in [3.8, 4) is 0 Å². The normalized spacial score (nSPS) is 22.6. The Balaban J connectivity index is 2.87. The van der Waals surface area contributed by atoms with Gasteiger partial charge in [0, 0.05) is 6.42 Å². The zero-order chi connectivity index (χ0) is 16.3. The lowest BCUT2D eigenvalue weighted by atomic mass is 10.1. The van der Waals surface area contributed by atoms with Crippen LogP contribution in [0.25, 0.3) is 0 Å². The van der Waals surface area contributed by atoms with E-state index in [1.54, 1.807) is 53.7 Å². The monoisotopic (exact) mass is 299 g/mol. The lowest BCUT2D eigenvalue weighted by Crippen LogP contribution is -2.59. The summed E-state index contributed by atoms with van der Waals surface area (Å²) in [5.41, 5.74) is -2.88. The Kier molecular flexibility index (Phi) is 5.04. The average molecular weight is 299 g/mol. The van der Waals surface area contributed by atoms with E-state index in [1.165, 1.54) is 0 Å². The van der Waals surface area contributed by atoms with Crippen molar-refractivity contribution in [3.05, 3.63) is 12.2 Å². The fourth-order valence-electron chi connectivity index (χ4n) is 1.68. The predicted octanol–water partition coefficient (Wildman–Crippen LogP) is 2.53. The van der Waals surface area contributed by atoms with Gasteiger partial charge in [0.05, 0.1) is 6.61 Å². The standard InChI is InChI=1S/C15H25NO5/c1-13(2,3)20-11(17)15(9-7-8-10-19-15)16-12(18)21-14(4,5)6/h7-8H,9-10H2,1-6H3,(H,16,18). The number of hydrogen-bond donors (Lipinski definition) is 1. The van der Waals surface area contributed by atoms with E-state index >= 15 is 0 Å². The number of carbonyl (C=O) groups is 2. The van der Waals surface area contributed by atoms with Crippen molar-refractivity contribution < 1.29 is 23.8 Å². The molecule has 0 saturated heterocycles. The minimum atomic E-state index is -1.54. The third-order valence-electron chi connectivity index (χ3n) is 2.43. The highest BCUT2D eigenvalue weighted by Crippen LogP contribution is 2.23. The molecule has 1 N–H and O–H groups in total. The second-order valence-corrected chi connectivity index (χ2v) is 6.94. The van der Waals surface area contributed by atoms with Crippen molar-refractivity contribution in [2.75, 3.05) is 6.61 Å². The van der Waals surface area contributed by atoms with Crippen LogP contribution in [-0.4, -0.2) is 35.6 Å². The van der Waals surface area contributed by atoms with E-state index in [9.17, 15) is 9.59 Å². The Labute approximate surface area is 125 Å². The minimum Gasteiger partial charge on any atom is -0.456 e. The summed E-state index contributed by atoms with van der Waals surface area (Å²) >= 11 is 0. The van der Waals surface area contributed by atoms with Crippen LogP contribution in [0.3, 0.4) is 0 Å². The molecule has 0 spiro atoms. The van der Waals surface area contributed by atoms with Crippen LogP contribution < -0.4 is 5.32 Å². The summed E-state index contributed by atoms with van der Waals surface area (Å²) in [6, 6.07) is 0. The van der Waals surface area contributed by atoms with Crippen LogP contribution in [0, 0.1) is 0 Å². The van der Waals surface area contributed by atoms with Crippen LogP contribution in [0.15, 0.2) is 12.2 Å². The van der Waals surface area contributed by atoms with Gasteiger partial charge in [0.25, 0.3) is 0 Å². The van der Waals surface area contributed by atoms with Crippen molar-refractivity contribution in [1.29, 1.82) is 0 Å². The summed E-state index contributed by atoms with van der Waals surface area (Å²) in [5, 5.41) is 2.50. The molecule has 120 valence electrons. The van der Waals surface area contributed by atoms with E-state index in [0.717, 1.165) is 0 Å². The molecular formula is C15H25NO5. The summed E-state index contributed by atoms with van der Waals surface area (Å²) in [6.45, 7) is 10.7. The second-order valence-electron chi connectivity index (χ2n) is 6.94. The van der Waals surface area contributed by atoms with Crippen molar-refractivity contribution in [3.63, 3.8) is 0 Å². The highest BCUT2D eigenvalue weighted by atomic mass is 16.6. The van der Waals surface area contributed by atoms with Gasteiger partial charge in [-0.2, -0.15) is 0 Å². The fourth-order valence-corrected chi connectivity index (χ4v) is 1.68. The molecule has 0 saturated carbocycles. The number of esters is 1. The van der Waals surface area contributed by atoms with Gasteiger partial charge in [0.2, 0.25) is 5.72 Å². The third-order valence-corrected chi connectivity index (χ3v) is 2.43. The lowest BCUT2D eigenvalue weighted by molar-refractivity contribution is -0.187. The Morgan fingerprint density at radius 1 is 1.05 bits per heavy atom. The molecule has 0 fully saturated rings. The van der Waals surface area contributed by atoms with Gasteiger partial charge < -0.3 is 14.2 Å². The summed E-state index contributed by atoms with van der Waals surface area (Å²) < 4.78 is 16.0. The highest BCUT2D eigenvalue weighted by Gasteiger charge is 2.45. The molecule has 0 aromatic carbocycles. The van der Waals surface area contributed by atoms with Crippen LogP contribution in [0.5, 0.6) is 0 Å². The number of nitrogens with one attached hydrogen (secondary N) is 1. The van der Waals surface area contributed by atoms with Crippen LogP contribution >= 0.6 is 0 Å². The lowest BCUT2D eigenvalue weighted by Gasteiger charge is -2.35. The molecule has 21 heavy (non-hydrogen) atoms. The van der Waals surface area contributed by atoms with Crippen LogP contribution in [0.1, 0.15) is 48.0 Å². The van der Waals surface area contributed by atoms with Crippen molar-refractivity contribution >= 4 is 12.1 Å². The van der Waals surface area contributed by atoms with Gasteiger partial charge in [-0.25, -0.2) is 9.59 Å². The predicted molar refractivity (Wildman–Crippen MR) is 77.7 cm³/mol. The first-order valence-corrected chi connectivity index (χ1v) is 6.97. The highest BCUT2D eigenvalue weighted by molar-refractivity contribution is 5.85. The van der Waals surface area contributed by atoms with Gasteiger partial charge in [0.15, 0.2) is 0 Å². The van der Waals surface area contributed by atoms with Crippen molar-refractivity contribution in [1.82, 2.24) is 5.32 Å². The number of carbonyl (C=O) groups excluding carboxylic acids is 2. The van der Waals surface area contributed by atoms with Gasteiger partial charge in [-0.15, -0.1) is 0 Å². The Morgan fingerprint density at radius 3 is 2.05 bits per heavy atom. The number of hydrogen-bond acceptors (Lipinski definition) is 5. The number of alkyl carbamates (subject to hydrolysis) is 1. The topological polar surface area (TPSA) is 73.9 Å². The molecule has 0 aliphatic carbocycles. The van der Waals surface area contributed by atoms with Crippen molar-refractivity contribution in [2.24, 2.45) is 0 Å². The van der Waals surface area contributed by atoms with Crippen molar-refractivity contribution in [2.45, 2.75) is 64.9 Å². The van der Waals surface area contributed by atoms with Crippen LogP contribution in [0.2, 0.25) is 0 Å². The molecule has 0 aromatic rings.